The summed E-state index contributed by atoms with van der Waals surface area (Å²) in [6, 6.07) is 15.0. The van der Waals surface area contributed by atoms with Gasteiger partial charge in [-0.3, -0.25) is 0 Å². The molecule has 0 saturated carbocycles. The summed E-state index contributed by atoms with van der Waals surface area (Å²) in [7, 11) is 3.69. The number of ether oxygens (including phenoxy) is 1. The Morgan fingerprint density at radius 3 is 2.45 bits per heavy atom. The molecule has 0 aliphatic carbocycles. The third-order valence-corrected chi connectivity index (χ3v) is 4.20. The van der Waals surface area contributed by atoms with E-state index in [-0.39, 0.29) is 6.04 Å². The highest BCUT2D eigenvalue weighted by Crippen LogP contribution is 2.27. The van der Waals surface area contributed by atoms with Crippen LogP contribution in [0.2, 0.25) is 0 Å². The van der Waals surface area contributed by atoms with Crippen LogP contribution < -0.4 is 10.1 Å². The van der Waals surface area contributed by atoms with Crippen molar-refractivity contribution in [1.82, 2.24) is 5.32 Å². The smallest absolute Gasteiger partial charge is 0.118 e. The SMILES string of the molecule is CNC(Cc1ccc(OC)cc1)c1cc(C)ccc1Br. The third-order valence-electron chi connectivity index (χ3n) is 3.47. The summed E-state index contributed by atoms with van der Waals surface area (Å²) < 4.78 is 6.35. The highest BCUT2D eigenvalue weighted by molar-refractivity contribution is 9.10. The molecule has 0 aliphatic rings. The Morgan fingerprint density at radius 1 is 1.15 bits per heavy atom. The standard InChI is InChI=1S/C17H20BrNO/c1-12-4-9-16(18)15(10-12)17(19-2)11-13-5-7-14(20-3)8-6-13/h4-10,17,19H,11H2,1-3H3. The average Bonchev–Trinajstić information content (AvgIpc) is 2.48. The fourth-order valence-electron chi connectivity index (χ4n) is 2.30. The zero-order chi connectivity index (χ0) is 14.5. The van der Waals surface area contributed by atoms with Gasteiger partial charge in [-0.2, -0.15) is 0 Å². The maximum Gasteiger partial charge on any atom is 0.118 e. The van der Waals surface area contributed by atoms with Crippen molar-refractivity contribution in [3.63, 3.8) is 0 Å². The number of nitrogens with one attached hydrogen (secondary N) is 1. The molecule has 0 amide bonds. The van der Waals surface area contributed by atoms with Crippen LogP contribution in [0.5, 0.6) is 5.75 Å². The summed E-state index contributed by atoms with van der Waals surface area (Å²) >= 11 is 3.65. The quantitative estimate of drug-likeness (QED) is 0.882. The fraction of sp³-hybridized carbons (Fsp3) is 0.294. The maximum absolute atomic E-state index is 5.20. The fourth-order valence-corrected chi connectivity index (χ4v) is 2.82. The summed E-state index contributed by atoms with van der Waals surface area (Å²) in [5.74, 6) is 0.895. The highest BCUT2D eigenvalue weighted by atomic mass is 79.9. The van der Waals surface area contributed by atoms with Crippen molar-refractivity contribution >= 4 is 15.9 Å². The number of hydrogen-bond donors (Lipinski definition) is 1. The summed E-state index contributed by atoms with van der Waals surface area (Å²) in [4.78, 5) is 0. The predicted octanol–water partition coefficient (Wildman–Crippen LogP) is 4.27. The summed E-state index contributed by atoms with van der Waals surface area (Å²) in [6.07, 6.45) is 0.947. The van der Waals surface area contributed by atoms with Crippen molar-refractivity contribution in [3.05, 3.63) is 63.6 Å². The Kier molecular flexibility index (Phi) is 5.21. The Hall–Kier alpha value is -1.32. The van der Waals surface area contributed by atoms with Gasteiger partial charge in [-0.15, -0.1) is 0 Å². The van der Waals surface area contributed by atoms with Gasteiger partial charge in [0.1, 0.15) is 5.75 Å². The number of halogens is 1. The molecule has 20 heavy (non-hydrogen) atoms. The van der Waals surface area contributed by atoms with Gasteiger partial charge in [0.15, 0.2) is 0 Å². The van der Waals surface area contributed by atoms with E-state index in [0.717, 1.165) is 16.6 Å². The van der Waals surface area contributed by atoms with Crippen LogP contribution in [0.1, 0.15) is 22.7 Å². The molecular formula is C17H20BrNO. The second-order valence-corrected chi connectivity index (χ2v) is 5.77. The molecule has 0 spiro atoms. The van der Waals surface area contributed by atoms with Crippen molar-refractivity contribution in [1.29, 1.82) is 0 Å². The van der Waals surface area contributed by atoms with Crippen molar-refractivity contribution < 1.29 is 4.74 Å². The minimum Gasteiger partial charge on any atom is -0.497 e. The first-order valence-corrected chi connectivity index (χ1v) is 7.49. The molecule has 0 radical (unpaired) electrons. The van der Waals surface area contributed by atoms with Gasteiger partial charge in [-0.05, 0) is 49.7 Å². The lowest BCUT2D eigenvalue weighted by Gasteiger charge is -2.19. The molecule has 106 valence electrons. The molecule has 0 aromatic heterocycles. The van der Waals surface area contributed by atoms with Gasteiger partial charge in [-0.25, -0.2) is 0 Å². The Bertz CT molecular complexity index is 566. The van der Waals surface area contributed by atoms with Crippen LogP contribution in [0.25, 0.3) is 0 Å². The molecule has 2 aromatic carbocycles. The second kappa shape index (κ2) is 6.91. The van der Waals surface area contributed by atoms with Gasteiger partial charge in [-0.1, -0.05) is 45.8 Å². The van der Waals surface area contributed by atoms with Gasteiger partial charge in [0.2, 0.25) is 0 Å². The molecule has 1 unspecified atom stereocenters. The lowest BCUT2D eigenvalue weighted by molar-refractivity contribution is 0.414. The number of methoxy groups -OCH3 is 1. The molecule has 0 aliphatic heterocycles. The minimum absolute atomic E-state index is 0.290. The van der Waals surface area contributed by atoms with Crippen molar-refractivity contribution in [2.45, 2.75) is 19.4 Å². The zero-order valence-electron chi connectivity index (χ0n) is 12.1. The number of aryl methyl sites for hydroxylation is 1. The number of rotatable bonds is 5. The molecule has 0 bridgehead atoms. The second-order valence-electron chi connectivity index (χ2n) is 4.92. The Morgan fingerprint density at radius 2 is 1.85 bits per heavy atom. The molecule has 1 N–H and O–H groups in total. The van der Waals surface area contributed by atoms with Crippen LogP contribution in [0.15, 0.2) is 46.9 Å². The van der Waals surface area contributed by atoms with E-state index < -0.39 is 0 Å². The van der Waals surface area contributed by atoms with Crippen molar-refractivity contribution in [2.75, 3.05) is 14.2 Å². The van der Waals surface area contributed by atoms with E-state index in [1.807, 2.05) is 19.2 Å². The normalized spacial score (nSPS) is 12.2. The van der Waals surface area contributed by atoms with Crippen LogP contribution in [0.4, 0.5) is 0 Å². The Balaban J connectivity index is 2.21. The van der Waals surface area contributed by atoms with Crippen LogP contribution in [-0.4, -0.2) is 14.2 Å². The van der Waals surface area contributed by atoms with Crippen molar-refractivity contribution in [3.8, 4) is 5.75 Å². The van der Waals surface area contributed by atoms with Gasteiger partial charge in [0.25, 0.3) is 0 Å². The maximum atomic E-state index is 5.20. The van der Waals surface area contributed by atoms with Gasteiger partial charge >= 0.3 is 0 Å². The first kappa shape index (κ1) is 15.1. The van der Waals surface area contributed by atoms with E-state index in [0.29, 0.717) is 0 Å². The molecule has 2 aromatic rings. The van der Waals surface area contributed by atoms with Gasteiger partial charge < -0.3 is 10.1 Å². The molecular weight excluding hydrogens is 314 g/mol. The number of hydrogen-bond acceptors (Lipinski definition) is 2. The van der Waals surface area contributed by atoms with Crippen molar-refractivity contribution in [2.24, 2.45) is 0 Å². The van der Waals surface area contributed by atoms with E-state index in [1.165, 1.54) is 16.7 Å². The molecule has 3 heteroatoms. The van der Waals surface area contributed by atoms with Crippen LogP contribution in [0.3, 0.4) is 0 Å². The van der Waals surface area contributed by atoms with Crippen LogP contribution >= 0.6 is 15.9 Å². The minimum atomic E-state index is 0.290. The first-order valence-electron chi connectivity index (χ1n) is 6.70. The van der Waals surface area contributed by atoms with Gasteiger partial charge in [0, 0.05) is 10.5 Å². The van der Waals surface area contributed by atoms with Gasteiger partial charge in [0.05, 0.1) is 7.11 Å². The molecule has 2 nitrogen and oxygen atoms in total. The molecule has 0 heterocycles. The van der Waals surface area contributed by atoms with E-state index in [4.69, 9.17) is 4.74 Å². The van der Waals surface area contributed by atoms with Crippen LogP contribution in [-0.2, 0) is 6.42 Å². The third kappa shape index (κ3) is 3.62. The number of likely N-dealkylation sites (N-methyl/N-ethyl adjacent to an activating group) is 1. The average molecular weight is 334 g/mol. The molecule has 1 atom stereocenters. The van der Waals surface area contributed by atoms with E-state index >= 15 is 0 Å². The lowest BCUT2D eigenvalue weighted by atomic mass is 9.97. The van der Waals surface area contributed by atoms with Crippen LogP contribution in [0, 0.1) is 6.92 Å². The topological polar surface area (TPSA) is 21.3 Å². The Labute approximate surface area is 129 Å². The van der Waals surface area contributed by atoms with E-state index in [2.05, 4.69) is 58.5 Å². The highest BCUT2D eigenvalue weighted by Gasteiger charge is 2.13. The lowest BCUT2D eigenvalue weighted by Crippen LogP contribution is -2.19. The molecule has 0 saturated heterocycles. The largest absolute Gasteiger partial charge is 0.497 e. The first-order chi connectivity index (χ1) is 9.63. The molecule has 0 fully saturated rings. The van der Waals surface area contributed by atoms with E-state index in [1.54, 1.807) is 7.11 Å². The van der Waals surface area contributed by atoms with E-state index in [9.17, 15) is 0 Å². The summed E-state index contributed by atoms with van der Waals surface area (Å²) in [6.45, 7) is 2.12. The summed E-state index contributed by atoms with van der Waals surface area (Å²) in [5.41, 5.74) is 3.86. The molecule has 2 rings (SSSR count). The predicted molar refractivity (Wildman–Crippen MR) is 87.4 cm³/mol. The monoisotopic (exact) mass is 333 g/mol. The summed E-state index contributed by atoms with van der Waals surface area (Å²) in [5, 5.41) is 3.40. The zero-order valence-corrected chi connectivity index (χ0v) is 13.7. The number of benzene rings is 2.